The zero-order valence-electron chi connectivity index (χ0n) is 19.1. The van der Waals surface area contributed by atoms with E-state index >= 15 is 0 Å². The molecule has 0 aliphatic carbocycles. The largest absolute Gasteiger partial charge is 0.497 e. The molecule has 0 bridgehead atoms. The Morgan fingerprint density at radius 2 is 1.88 bits per heavy atom. The van der Waals surface area contributed by atoms with Gasteiger partial charge in [0.2, 0.25) is 0 Å². The summed E-state index contributed by atoms with van der Waals surface area (Å²) in [5.74, 6) is -0.272. The maximum Gasteiger partial charge on any atom is 0.340 e. The fourth-order valence-electron chi connectivity index (χ4n) is 3.59. The van der Waals surface area contributed by atoms with Crippen molar-refractivity contribution < 1.29 is 24.2 Å². The number of unbranched alkanes of at least 4 members (excludes halogenated alkanes) is 1. The number of imidazole rings is 1. The van der Waals surface area contributed by atoms with E-state index in [0.29, 0.717) is 29.1 Å². The lowest BCUT2D eigenvalue weighted by molar-refractivity contribution is -0.132. The molecule has 0 amide bonds. The van der Waals surface area contributed by atoms with Crippen molar-refractivity contribution in [2.45, 2.75) is 32.6 Å². The number of carboxylic acid groups (broad SMARTS) is 1. The van der Waals surface area contributed by atoms with E-state index < -0.39 is 11.9 Å². The summed E-state index contributed by atoms with van der Waals surface area (Å²) in [4.78, 5) is 29.2. The molecule has 0 fully saturated rings. The highest BCUT2D eigenvalue weighted by Gasteiger charge is 2.20. The van der Waals surface area contributed by atoms with E-state index in [9.17, 15) is 14.7 Å². The maximum absolute atomic E-state index is 12.6. The normalized spacial score (nSPS) is 11.3. The second-order valence-electron chi connectivity index (χ2n) is 7.55. The molecule has 0 atom stereocenters. The second-order valence-corrected chi connectivity index (χ2v) is 7.55. The van der Waals surface area contributed by atoms with E-state index in [0.717, 1.165) is 24.2 Å². The van der Waals surface area contributed by atoms with E-state index in [2.05, 4.69) is 11.9 Å². The van der Waals surface area contributed by atoms with Crippen molar-refractivity contribution in [2.24, 2.45) is 0 Å². The summed E-state index contributed by atoms with van der Waals surface area (Å²) >= 11 is 0. The van der Waals surface area contributed by atoms with Crippen molar-refractivity contribution >= 4 is 18.0 Å². The number of carbonyl (C=O) groups excluding carboxylic acids is 1. The molecule has 33 heavy (non-hydrogen) atoms. The van der Waals surface area contributed by atoms with Gasteiger partial charge in [-0.1, -0.05) is 43.7 Å². The highest BCUT2D eigenvalue weighted by atomic mass is 16.5. The lowest BCUT2D eigenvalue weighted by Gasteiger charge is -2.15. The molecule has 3 rings (SSSR count). The standard InChI is InChI=1S/C26H28N2O5/c1-4-5-11-24-27-17-20(15-19(25(29)30)14-18-9-7-6-8-10-18)28(24)23-13-12-21(32-2)16-22(23)26(31)33-3/h6-10,12-13,15-17H,4-5,11,14H2,1-3H3,(H,29,30)/b19-15+. The van der Waals surface area contributed by atoms with Crippen LogP contribution in [0, 0.1) is 0 Å². The number of aromatic nitrogens is 2. The van der Waals surface area contributed by atoms with Crippen molar-refractivity contribution in [3.05, 3.63) is 82.9 Å². The number of carbonyl (C=O) groups is 2. The van der Waals surface area contributed by atoms with Gasteiger partial charge in [-0.2, -0.15) is 0 Å². The molecule has 0 radical (unpaired) electrons. The number of hydrogen-bond acceptors (Lipinski definition) is 5. The summed E-state index contributed by atoms with van der Waals surface area (Å²) < 4.78 is 12.1. The minimum Gasteiger partial charge on any atom is -0.497 e. The molecular weight excluding hydrogens is 420 g/mol. The summed E-state index contributed by atoms with van der Waals surface area (Å²) in [6.07, 6.45) is 6.07. The van der Waals surface area contributed by atoms with E-state index in [1.54, 1.807) is 30.5 Å². The Morgan fingerprint density at radius 1 is 1.12 bits per heavy atom. The molecule has 1 aromatic heterocycles. The van der Waals surface area contributed by atoms with Crippen molar-refractivity contribution in [2.75, 3.05) is 14.2 Å². The number of aliphatic carboxylic acids is 1. The fraction of sp³-hybridized carbons (Fsp3) is 0.269. The number of ether oxygens (including phenoxy) is 2. The lowest BCUT2D eigenvalue weighted by atomic mass is 10.0. The zero-order valence-corrected chi connectivity index (χ0v) is 19.1. The Labute approximate surface area is 193 Å². The minimum absolute atomic E-state index is 0.220. The van der Waals surface area contributed by atoms with Crippen LogP contribution in [0.1, 0.15) is 47.2 Å². The number of nitrogens with zero attached hydrogens (tertiary/aromatic N) is 2. The number of aryl methyl sites for hydroxylation is 1. The minimum atomic E-state index is -1.01. The maximum atomic E-state index is 12.6. The first-order valence-corrected chi connectivity index (χ1v) is 10.8. The molecular formula is C26H28N2O5. The van der Waals surface area contributed by atoms with Gasteiger partial charge >= 0.3 is 11.9 Å². The van der Waals surface area contributed by atoms with Crippen LogP contribution in [-0.4, -0.2) is 40.8 Å². The number of benzene rings is 2. The molecule has 0 saturated carbocycles. The summed E-state index contributed by atoms with van der Waals surface area (Å²) in [6.45, 7) is 2.09. The molecule has 0 aliphatic heterocycles. The molecule has 0 aliphatic rings. The molecule has 1 N–H and O–H groups in total. The first-order chi connectivity index (χ1) is 16.0. The van der Waals surface area contributed by atoms with Gasteiger partial charge in [0.05, 0.1) is 37.4 Å². The predicted molar refractivity (Wildman–Crippen MR) is 126 cm³/mol. The summed E-state index contributed by atoms with van der Waals surface area (Å²) in [7, 11) is 2.84. The van der Waals surface area contributed by atoms with Crippen LogP contribution in [0.2, 0.25) is 0 Å². The Morgan fingerprint density at radius 3 is 2.52 bits per heavy atom. The molecule has 0 saturated heterocycles. The van der Waals surface area contributed by atoms with Crippen LogP contribution in [0.3, 0.4) is 0 Å². The Kier molecular flexibility index (Phi) is 8.02. The number of methoxy groups -OCH3 is 2. The molecule has 3 aromatic rings. The first-order valence-electron chi connectivity index (χ1n) is 10.8. The predicted octanol–water partition coefficient (Wildman–Crippen LogP) is 4.72. The number of esters is 1. The number of carboxylic acids is 1. The van der Waals surface area contributed by atoms with Crippen molar-refractivity contribution in [3.8, 4) is 11.4 Å². The summed E-state index contributed by atoms with van der Waals surface area (Å²) in [6, 6.07) is 14.5. The SMILES string of the molecule is CCCCc1ncc(/C=C(\Cc2ccccc2)C(=O)O)n1-c1ccc(OC)cc1C(=O)OC. The molecule has 2 aromatic carbocycles. The highest BCUT2D eigenvalue weighted by Crippen LogP contribution is 2.27. The van der Waals surface area contributed by atoms with E-state index in [1.165, 1.54) is 14.2 Å². The zero-order chi connectivity index (χ0) is 23.8. The number of rotatable bonds is 10. The Bertz CT molecular complexity index is 1150. The summed E-state index contributed by atoms with van der Waals surface area (Å²) in [5, 5.41) is 9.87. The molecule has 172 valence electrons. The van der Waals surface area contributed by atoms with E-state index in [4.69, 9.17) is 9.47 Å². The third-order valence-corrected chi connectivity index (χ3v) is 5.30. The molecule has 1 heterocycles. The van der Waals surface area contributed by atoms with Crippen LogP contribution in [0.4, 0.5) is 0 Å². The molecule has 7 heteroatoms. The van der Waals surface area contributed by atoms with Crippen molar-refractivity contribution in [1.82, 2.24) is 9.55 Å². The first kappa shape index (κ1) is 23.8. The van der Waals surface area contributed by atoms with Gasteiger partial charge in [-0.05, 0) is 36.3 Å². The highest BCUT2D eigenvalue weighted by molar-refractivity contribution is 5.95. The third-order valence-electron chi connectivity index (χ3n) is 5.30. The molecule has 7 nitrogen and oxygen atoms in total. The van der Waals surface area contributed by atoms with Crippen LogP contribution in [0.15, 0.2) is 60.3 Å². The van der Waals surface area contributed by atoms with Crippen molar-refractivity contribution in [1.29, 1.82) is 0 Å². The van der Waals surface area contributed by atoms with Gasteiger partial charge in [0.1, 0.15) is 11.6 Å². The number of hydrogen-bond donors (Lipinski definition) is 1. The average molecular weight is 449 g/mol. The van der Waals surface area contributed by atoms with Gasteiger partial charge in [0.15, 0.2) is 0 Å². The van der Waals surface area contributed by atoms with Gasteiger partial charge in [-0.25, -0.2) is 14.6 Å². The third kappa shape index (κ3) is 5.68. The quantitative estimate of drug-likeness (QED) is 0.356. The van der Waals surface area contributed by atoms with Gasteiger partial charge in [0.25, 0.3) is 0 Å². The van der Waals surface area contributed by atoms with Gasteiger partial charge < -0.3 is 14.6 Å². The van der Waals surface area contributed by atoms with E-state index in [-0.39, 0.29) is 12.0 Å². The molecule has 0 spiro atoms. The van der Waals surface area contributed by atoms with Gasteiger partial charge in [-0.3, -0.25) is 4.57 Å². The summed E-state index contributed by atoms with van der Waals surface area (Å²) in [5.41, 5.74) is 2.55. The van der Waals surface area contributed by atoms with Crippen LogP contribution in [-0.2, 0) is 22.4 Å². The van der Waals surface area contributed by atoms with E-state index in [1.807, 2.05) is 34.9 Å². The van der Waals surface area contributed by atoms with Crippen LogP contribution < -0.4 is 4.74 Å². The fourth-order valence-corrected chi connectivity index (χ4v) is 3.59. The monoisotopic (exact) mass is 448 g/mol. The Balaban J connectivity index is 2.17. The Hall–Kier alpha value is -3.87. The van der Waals surface area contributed by atoms with Crippen LogP contribution >= 0.6 is 0 Å². The second kappa shape index (κ2) is 11.1. The smallest absolute Gasteiger partial charge is 0.340 e. The average Bonchev–Trinajstić information content (AvgIpc) is 3.23. The van der Waals surface area contributed by atoms with Gasteiger partial charge in [0, 0.05) is 18.4 Å². The van der Waals surface area contributed by atoms with Gasteiger partial charge in [-0.15, -0.1) is 0 Å². The molecule has 0 unspecified atom stereocenters. The van der Waals surface area contributed by atoms with Crippen molar-refractivity contribution in [3.63, 3.8) is 0 Å². The topological polar surface area (TPSA) is 90.6 Å². The van der Waals surface area contributed by atoms with Crippen LogP contribution in [0.5, 0.6) is 5.75 Å². The lowest BCUT2D eigenvalue weighted by Crippen LogP contribution is -2.12. The van der Waals surface area contributed by atoms with Crippen LogP contribution in [0.25, 0.3) is 11.8 Å².